The molecule has 0 aliphatic carbocycles. The van der Waals surface area contributed by atoms with Crippen LogP contribution in [0.3, 0.4) is 0 Å². The summed E-state index contributed by atoms with van der Waals surface area (Å²) in [4.78, 5) is 11.7. The van der Waals surface area contributed by atoms with Crippen molar-refractivity contribution in [2.45, 2.75) is 39.0 Å². The number of alkyl halides is 2. The molecule has 0 bridgehead atoms. The maximum absolute atomic E-state index is 14.2. The summed E-state index contributed by atoms with van der Waals surface area (Å²) in [5.74, 6) is -5.17. The maximum Gasteiger partial charge on any atom is 0.334 e. The van der Waals surface area contributed by atoms with Crippen molar-refractivity contribution >= 4 is 5.97 Å². The average molecular weight is 282 g/mol. The lowest BCUT2D eigenvalue weighted by Crippen LogP contribution is -2.30. The molecule has 4 heteroatoms. The van der Waals surface area contributed by atoms with Crippen molar-refractivity contribution in [1.29, 1.82) is 0 Å². The van der Waals surface area contributed by atoms with Crippen molar-refractivity contribution in [2.75, 3.05) is 6.61 Å². The Morgan fingerprint density at radius 3 is 2.30 bits per heavy atom. The van der Waals surface area contributed by atoms with Crippen LogP contribution >= 0.6 is 0 Å². The van der Waals surface area contributed by atoms with Gasteiger partial charge in [0.05, 0.1) is 12.5 Å². The van der Waals surface area contributed by atoms with Gasteiger partial charge in [0.25, 0.3) is 5.92 Å². The number of halogens is 2. The number of hydrogen-bond donors (Lipinski definition) is 0. The van der Waals surface area contributed by atoms with Gasteiger partial charge < -0.3 is 4.74 Å². The molecule has 1 aromatic rings. The Hall–Kier alpha value is -1.71. The van der Waals surface area contributed by atoms with Gasteiger partial charge in [-0.05, 0) is 19.4 Å². The fourth-order valence-corrected chi connectivity index (χ4v) is 2.00. The first-order valence-corrected chi connectivity index (χ1v) is 6.63. The van der Waals surface area contributed by atoms with Crippen LogP contribution in [0.15, 0.2) is 36.4 Å². The number of esters is 1. The van der Waals surface area contributed by atoms with Gasteiger partial charge in [-0.15, -0.1) is 0 Å². The van der Waals surface area contributed by atoms with Crippen LogP contribution < -0.4 is 0 Å². The molecule has 1 atom stereocenters. The second-order valence-electron chi connectivity index (χ2n) is 4.70. The van der Waals surface area contributed by atoms with Crippen LogP contribution in [-0.4, -0.2) is 18.5 Å². The predicted molar refractivity (Wildman–Crippen MR) is 74.9 cm³/mol. The number of ether oxygens (including phenoxy) is 1. The van der Waals surface area contributed by atoms with Gasteiger partial charge >= 0.3 is 5.97 Å². The molecule has 20 heavy (non-hydrogen) atoms. The molecule has 0 aliphatic rings. The van der Waals surface area contributed by atoms with Gasteiger partial charge in [-0.1, -0.05) is 43.3 Å². The Morgan fingerprint density at radius 2 is 1.85 bits per heavy atom. The second kappa shape index (κ2) is 6.64. The third kappa shape index (κ3) is 3.65. The Kier molecular flexibility index (Phi) is 5.43. The van der Waals surface area contributed by atoms with Gasteiger partial charge in [0, 0.05) is 12.0 Å². The second-order valence-corrected chi connectivity index (χ2v) is 4.70. The van der Waals surface area contributed by atoms with E-state index >= 15 is 0 Å². The Bertz CT molecular complexity index is 478. The monoisotopic (exact) mass is 282 g/mol. The fraction of sp³-hybridized carbons (Fsp3) is 0.438. The summed E-state index contributed by atoms with van der Waals surface area (Å²) in [7, 11) is 0. The highest BCUT2D eigenvalue weighted by Crippen LogP contribution is 2.41. The minimum Gasteiger partial charge on any atom is -0.463 e. The van der Waals surface area contributed by atoms with Crippen molar-refractivity contribution in [3.63, 3.8) is 0 Å². The van der Waals surface area contributed by atoms with E-state index in [1.165, 1.54) is 6.92 Å². The molecule has 0 unspecified atom stereocenters. The van der Waals surface area contributed by atoms with Gasteiger partial charge in [-0.3, -0.25) is 0 Å². The highest BCUT2D eigenvalue weighted by Gasteiger charge is 2.42. The molecule has 0 amide bonds. The molecular formula is C16H20F2O2. The van der Waals surface area contributed by atoms with Crippen LogP contribution in [0, 0.1) is 6.92 Å². The number of carbonyl (C=O) groups excluding carboxylic acids is 1. The quantitative estimate of drug-likeness (QED) is 0.576. The van der Waals surface area contributed by atoms with E-state index in [1.54, 1.807) is 31.2 Å². The maximum atomic E-state index is 14.2. The zero-order valence-electron chi connectivity index (χ0n) is 12.1. The van der Waals surface area contributed by atoms with Crippen LogP contribution in [-0.2, 0) is 9.53 Å². The Balaban J connectivity index is 3.19. The average Bonchev–Trinajstić information content (AvgIpc) is 2.41. The number of benzene rings is 1. The van der Waals surface area contributed by atoms with E-state index in [0.29, 0.717) is 5.56 Å². The van der Waals surface area contributed by atoms with Crippen LogP contribution in [0.25, 0.3) is 0 Å². The molecular weight excluding hydrogens is 262 g/mol. The molecule has 1 rings (SSSR count). The summed E-state index contributed by atoms with van der Waals surface area (Å²) in [6.45, 7) is 8.56. The smallest absolute Gasteiger partial charge is 0.334 e. The van der Waals surface area contributed by atoms with Crippen LogP contribution in [0.1, 0.15) is 37.3 Å². The molecule has 0 saturated carbocycles. The summed E-state index contributed by atoms with van der Waals surface area (Å²) in [6.07, 6.45) is -0.371. The molecule has 110 valence electrons. The minimum atomic E-state index is -3.04. The summed E-state index contributed by atoms with van der Waals surface area (Å²) >= 11 is 0. The lowest BCUT2D eigenvalue weighted by molar-refractivity contribution is -0.140. The summed E-state index contributed by atoms with van der Waals surface area (Å²) in [5.41, 5.74) is 1.14. The largest absolute Gasteiger partial charge is 0.463 e. The molecule has 0 fully saturated rings. The van der Waals surface area contributed by atoms with Gasteiger partial charge in [-0.2, -0.15) is 0 Å². The third-order valence-corrected chi connectivity index (χ3v) is 3.19. The normalized spacial score (nSPS) is 12.8. The van der Waals surface area contributed by atoms with E-state index in [-0.39, 0.29) is 18.6 Å². The van der Waals surface area contributed by atoms with Gasteiger partial charge in [-0.25, -0.2) is 13.6 Å². The van der Waals surface area contributed by atoms with Crippen molar-refractivity contribution in [3.05, 3.63) is 47.5 Å². The molecule has 0 saturated heterocycles. The molecule has 0 aliphatic heterocycles. The highest BCUT2D eigenvalue weighted by atomic mass is 19.3. The number of carbonyl (C=O) groups is 1. The SMILES string of the molecule is C=C(C(=O)OCC)[C@H](c1ccc(C)cc1)C(F)(F)CC. The number of aryl methyl sites for hydroxylation is 1. The molecule has 0 N–H and O–H groups in total. The standard InChI is InChI=1S/C16H20F2O2/c1-5-16(17,18)14(12(4)15(19)20-6-2)13-9-7-11(3)8-10-13/h7-10,14H,4-6H2,1-3H3/t14-/m1/s1. The van der Waals surface area contributed by atoms with Gasteiger partial charge in [0.15, 0.2) is 0 Å². The lowest BCUT2D eigenvalue weighted by Gasteiger charge is -2.27. The van der Waals surface area contributed by atoms with E-state index in [2.05, 4.69) is 6.58 Å². The minimum absolute atomic E-state index is 0.135. The van der Waals surface area contributed by atoms with Crippen LogP contribution in [0.5, 0.6) is 0 Å². The molecule has 0 spiro atoms. The van der Waals surface area contributed by atoms with Crippen LogP contribution in [0.2, 0.25) is 0 Å². The van der Waals surface area contributed by atoms with Gasteiger partial charge in [0.1, 0.15) is 0 Å². The molecule has 1 aromatic carbocycles. The molecule has 0 radical (unpaired) electrons. The first-order valence-electron chi connectivity index (χ1n) is 6.63. The van der Waals surface area contributed by atoms with Gasteiger partial charge in [0.2, 0.25) is 0 Å². The topological polar surface area (TPSA) is 26.3 Å². The first-order chi connectivity index (χ1) is 9.33. The van der Waals surface area contributed by atoms with E-state index in [9.17, 15) is 13.6 Å². The van der Waals surface area contributed by atoms with E-state index in [4.69, 9.17) is 4.74 Å². The van der Waals surface area contributed by atoms with Crippen molar-refractivity contribution in [3.8, 4) is 0 Å². The summed E-state index contributed by atoms with van der Waals surface area (Å²) in [5, 5.41) is 0. The number of hydrogen-bond acceptors (Lipinski definition) is 2. The first kappa shape index (κ1) is 16.3. The predicted octanol–water partition coefficient (Wildman–Crippen LogP) is 4.24. The summed E-state index contributed by atoms with van der Waals surface area (Å²) < 4.78 is 33.2. The molecule has 0 aromatic heterocycles. The van der Waals surface area contributed by atoms with E-state index in [0.717, 1.165) is 5.56 Å². The fourth-order valence-electron chi connectivity index (χ4n) is 2.00. The molecule has 0 heterocycles. The highest BCUT2D eigenvalue weighted by molar-refractivity contribution is 5.89. The zero-order valence-corrected chi connectivity index (χ0v) is 12.1. The van der Waals surface area contributed by atoms with Crippen molar-refractivity contribution in [1.82, 2.24) is 0 Å². The Labute approximate surface area is 118 Å². The third-order valence-electron chi connectivity index (χ3n) is 3.19. The molecule has 2 nitrogen and oxygen atoms in total. The van der Waals surface area contributed by atoms with E-state index in [1.807, 2.05) is 6.92 Å². The van der Waals surface area contributed by atoms with E-state index < -0.39 is 17.8 Å². The number of rotatable bonds is 6. The van der Waals surface area contributed by atoms with Crippen molar-refractivity contribution < 1.29 is 18.3 Å². The van der Waals surface area contributed by atoms with Crippen molar-refractivity contribution in [2.24, 2.45) is 0 Å². The zero-order chi connectivity index (χ0) is 15.3. The lowest BCUT2D eigenvalue weighted by atomic mass is 9.84. The van der Waals surface area contributed by atoms with Crippen LogP contribution in [0.4, 0.5) is 8.78 Å². The Morgan fingerprint density at radius 1 is 1.30 bits per heavy atom. The summed E-state index contributed by atoms with van der Waals surface area (Å²) in [6, 6.07) is 6.70.